The molecule has 1 aliphatic carbocycles. The Balaban J connectivity index is 2.25. The molecule has 1 unspecified atom stereocenters. The molecule has 0 amide bonds. The largest absolute Gasteiger partial charge is 0.344 e. The molecule has 6 heteroatoms. The summed E-state index contributed by atoms with van der Waals surface area (Å²) in [7, 11) is 0. The van der Waals surface area contributed by atoms with Crippen LogP contribution >= 0.6 is 65.1 Å². The summed E-state index contributed by atoms with van der Waals surface area (Å²) >= 11 is 26.1. The lowest BCUT2D eigenvalue weighted by molar-refractivity contribution is 0.784. The van der Waals surface area contributed by atoms with E-state index in [0.29, 0.717) is 0 Å². The Morgan fingerprint density at radius 2 is 1.33 bits per heavy atom. The highest BCUT2D eigenvalue weighted by Crippen LogP contribution is 2.55. The van der Waals surface area contributed by atoms with Gasteiger partial charge < -0.3 is 0 Å². The van der Waals surface area contributed by atoms with Crippen LogP contribution in [0.15, 0.2) is 45.3 Å². The minimum atomic E-state index is -2.81. The van der Waals surface area contributed by atoms with Crippen LogP contribution < -0.4 is 0 Å². The van der Waals surface area contributed by atoms with Gasteiger partial charge in [-0.05, 0) is 46.5 Å². The number of hydrogen-bond donors (Lipinski definition) is 0. The van der Waals surface area contributed by atoms with E-state index in [1.165, 1.54) is 22.3 Å². The van der Waals surface area contributed by atoms with Crippen molar-refractivity contribution in [3.63, 3.8) is 0 Å². The first-order valence-electron chi connectivity index (χ1n) is 6.45. The molecule has 0 nitrogen and oxygen atoms in total. The predicted octanol–water partition coefficient (Wildman–Crippen LogP) is 7.37. The van der Waals surface area contributed by atoms with Gasteiger partial charge in [-0.25, -0.2) is 0 Å². The number of halogens is 5. The second-order valence-corrected chi connectivity index (χ2v) is 16.2. The van der Waals surface area contributed by atoms with E-state index in [1.807, 2.05) is 6.92 Å². The molecular weight excluding hydrogens is 474 g/mol. The SMILES string of the molecule is CC(C1c2cc(Br)ccc2-c2ccc(Br)cc21)[Si](Cl)(Cl)Cl. The third kappa shape index (κ3) is 2.98. The second-order valence-electron chi connectivity index (χ2n) is 5.27. The van der Waals surface area contributed by atoms with Crippen molar-refractivity contribution < 1.29 is 0 Å². The van der Waals surface area contributed by atoms with Gasteiger partial charge in [-0.15, -0.1) is 33.2 Å². The normalized spacial score (nSPS) is 15.7. The Morgan fingerprint density at radius 1 is 0.905 bits per heavy atom. The van der Waals surface area contributed by atoms with Crippen molar-refractivity contribution in [2.24, 2.45) is 0 Å². The van der Waals surface area contributed by atoms with Crippen molar-refractivity contribution in [2.45, 2.75) is 18.4 Å². The number of rotatable bonds is 2. The van der Waals surface area contributed by atoms with Gasteiger partial charge in [0.15, 0.2) is 0 Å². The molecule has 0 saturated carbocycles. The summed E-state index contributed by atoms with van der Waals surface area (Å²) in [4.78, 5) is 0. The van der Waals surface area contributed by atoms with E-state index in [-0.39, 0.29) is 11.5 Å². The molecule has 21 heavy (non-hydrogen) atoms. The summed E-state index contributed by atoms with van der Waals surface area (Å²) in [5, 5.41) is 0. The van der Waals surface area contributed by atoms with Crippen LogP contribution in [0.5, 0.6) is 0 Å². The quantitative estimate of drug-likeness (QED) is 0.308. The number of fused-ring (bicyclic) bond motifs is 3. The minimum Gasteiger partial charge on any atom is -0.126 e. The molecule has 1 atom stereocenters. The minimum absolute atomic E-state index is 0.00565. The lowest BCUT2D eigenvalue weighted by Crippen LogP contribution is -2.23. The molecule has 2 aromatic rings. The molecule has 0 saturated heterocycles. The van der Waals surface area contributed by atoms with Gasteiger partial charge in [-0.2, -0.15) is 0 Å². The van der Waals surface area contributed by atoms with Gasteiger partial charge in [-0.3, -0.25) is 0 Å². The Morgan fingerprint density at radius 3 is 1.71 bits per heavy atom. The van der Waals surface area contributed by atoms with Crippen molar-refractivity contribution in [1.82, 2.24) is 0 Å². The van der Waals surface area contributed by atoms with Crippen molar-refractivity contribution >= 4 is 71.1 Å². The number of benzene rings is 2. The lowest BCUT2D eigenvalue weighted by atomic mass is 9.94. The van der Waals surface area contributed by atoms with Crippen LogP contribution in [0.3, 0.4) is 0 Å². The summed E-state index contributed by atoms with van der Waals surface area (Å²) < 4.78 is 2.10. The molecule has 110 valence electrons. The maximum atomic E-state index is 6.32. The maximum Gasteiger partial charge on any atom is 0.344 e. The Labute approximate surface area is 156 Å². The van der Waals surface area contributed by atoms with E-state index in [1.54, 1.807) is 0 Å². The summed E-state index contributed by atoms with van der Waals surface area (Å²) in [6.07, 6.45) is 0. The second kappa shape index (κ2) is 5.84. The van der Waals surface area contributed by atoms with E-state index in [4.69, 9.17) is 33.2 Å². The van der Waals surface area contributed by atoms with Gasteiger partial charge >= 0.3 is 6.00 Å². The van der Waals surface area contributed by atoms with Crippen molar-refractivity contribution in [3.8, 4) is 11.1 Å². The van der Waals surface area contributed by atoms with Crippen LogP contribution in [-0.4, -0.2) is 6.00 Å². The monoisotopic (exact) mass is 482 g/mol. The summed E-state index contributed by atoms with van der Waals surface area (Å²) in [6, 6.07) is 9.88. The van der Waals surface area contributed by atoms with Gasteiger partial charge in [0, 0.05) is 20.4 Å². The zero-order valence-corrected chi connectivity index (χ0v) is 17.4. The van der Waals surface area contributed by atoms with Crippen LogP contribution in [-0.2, 0) is 0 Å². The van der Waals surface area contributed by atoms with E-state index in [9.17, 15) is 0 Å². The lowest BCUT2D eigenvalue weighted by Gasteiger charge is -2.26. The standard InChI is InChI=1S/C15H11Br2Cl3Si/c1-8(21(18,19)20)15-13-6-9(16)2-4-11(13)12-5-3-10(17)7-14(12)15/h2-8,15H,1H3. The molecule has 0 heterocycles. The van der Waals surface area contributed by atoms with Gasteiger partial charge in [0.1, 0.15) is 0 Å². The van der Waals surface area contributed by atoms with Gasteiger partial charge in [0.05, 0.1) is 0 Å². The summed E-state index contributed by atoms with van der Waals surface area (Å²) in [5.41, 5.74) is 4.96. The first-order valence-corrected chi connectivity index (χ1v) is 13.1. The zero-order chi connectivity index (χ0) is 15.4. The van der Waals surface area contributed by atoms with Crippen LogP contribution in [0.2, 0.25) is 5.54 Å². The van der Waals surface area contributed by atoms with Gasteiger partial charge in [0.25, 0.3) is 0 Å². The first kappa shape index (κ1) is 16.3. The third-order valence-electron chi connectivity index (χ3n) is 4.00. The Hall–Kier alpha value is 0.487. The molecule has 0 aromatic heterocycles. The molecule has 0 radical (unpaired) electrons. The average molecular weight is 486 g/mol. The fraction of sp³-hybridized carbons (Fsp3) is 0.200. The van der Waals surface area contributed by atoms with E-state index >= 15 is 0 Å². The average Bonchev–Trinajstić information content (AvgIpc) is 2.69. The highest BCUT2D eigenvalue weighted by Gasteiger charge is 2.43. The smallest absolute Gasteiger partial charge is 0.126 e. The fourth-order valence-electron chi connectivity index (χ4n) is 2.97. The molecule has 0 N–H and O–H groups in total. The zero-order valence-electron chi connectivity index (χ0n) is 11.0. The van der Waals surface area contributed by atoms with Gasteiger partial charge in [0.2, 0.25) is 0 Å². The molecule has 3 rings (SSSR count). The molecular formula is C15H11Br2Cl3Si. The van der Waals surface area contributed by atoms with Crippen LogP contribution in [0.25, 0.3) is 11.1 Å². The van der Waals surface area contributed by atoms with Crippen LogP contribution in [0.1, 0.15) is 24.0 Å². The van der Waals surface area contributed by atoms with Crippen molar-refractivity contribution in [2.75, 3.05) is 0 Å². The maximum absolute atomic E-state index is 6.32. The topological polar surface area (TPSA) is 0 Å². The molecule has 0 aliphatic heterocycles. The Bertz CT molecular complexity index is 661. The third-order valence-corrected chi connectivity index (χ3v) is 9.45. The first-order chi connectivity index (χ1) is 9.79. The van der Waals surface area contributed by atoms with Crippen molar-refractivity contribution in [3.05, 3.63) is 56.5 Å². The number of hydrogen-bond acceptors (Lipinski definition) is 0. The summed E-state index contributed by atoms with van der Waals surface area (Å²) in [6.45, 7) is 2.05. The van der Waals surface area contributed by atoms with E-state index in [0.717, 1.165) is 8.95 Å². The predicted molar refractivity (Wildman–Crippen MR) is 102 cm³/mol. The highest BCUT2D eigenvalue weighted by molar-refractivity contribution is 9.10. The molecule has 0 bridgehead atoms. The highest BCUT2D eigenvalue weighted by atomic mass is 79.9. The van der Waals surface area contributed by atoms with Crippen molar-refractivity contribution in [1.29, 1.82) is 0 Å². The van der Waals surface area contributed by atoms with Crippen LogP contribution in [0, 0.1) is 0 Å². The van der Waals surface area contributed by atoms with E-state index in [2.05, 4.69) is 68.3 Å². The fourth-order valence-corrected chi connectivity index (χ4v) is 5.60. The molecule has 1 aliphatic rings. The molecule has 2 aromatic carbocycles. The van der Waals surface area contributed by atoms with Gasteiger partial charge in [-0.1, -0.05) is 50.9 Å². The van der Waals surface area contributed by atoms with Crippen LogP contribution in [0.4, 0.5) is 0 Å². The Kier molecular flexibility index (Phi) is 4.55. The molecule has 0 spiro atoms. The molecule has 0 fully saturated rings. The van der Waals surface area contributed by atoms with E-state index < -0.39 is 6.00 Å². The summed E-state index contributed by atoms with van der Waals surface area (Å²) in [5.74, 6) is 0.129.